The first-order valence-electron chi connectivity index (χ1n) is 8.20. The molecule has 0 atom stereocenters. The molecule has 1 fully saturated rings. The van der Waals surface area contributed by atoms with Gasteiger partial charge in [-0.3, -0.25) is 0 Å². The summed E-state index contributed by atoms with van der Waals surface area (Å²) in [5, 5.41) is 0. The molecule has 0 spiro atoms. The summed E-state index contributed by atoms with van der Waals surface area (Å²) in [6.07, 6.45) is 20.6. The van der Waals surface area contributed by atoms with Gasteiger partial charge >= 0.3 is 0 Å². The minimum atomic E-state index is 0.914. The van der Waals surface area contributed by atoms with E-state index in [0.717, 1.165) is 12.5 Å². The van der Waals surface area contributed by atoms with Gasteiger partial charge in [-0.25, -0.2) is 0 Å². The van der Waals surface area contributed by atoms with E-state index in [2.05, 4.69) is 13.0 Å². The van der Waals surface area contributed by atoms with E-state index in [0.29, 0.717) is 0 Å². The zero-order valence-corrected chi connectivity index (χ0v) is 12.3. The van der Waals surface area contributed by atoms with Crippen LogP contribution in [-0.2, 0) is 4.74 Å². The fourth-order valence-electron chi connectivity index (χ4n) is 2.81. The van der Waals surface area contributed by atoms with Gasteiger partial charge in [0.15, 0.2) is 0 Å². The number of hydrogen-bond donors (Lipinski definition) is 0. The average Bonchev–Trinajstić information content (AvgIpc) is 2.42. The Hall–Kier alpha value is -0.460. The molecule has 1 nitrogen and oxygen atoms in total. The molecule has 1 rings (SSSR count). The first kappa shape index (κ1) is 15.6. The third kappa shape index (κ3) is 8.60. The molecule has 0 bridgehead atoms. The molecular formula is C17H32O. The van der Waals surface area contributed by atoms with Crippen LogP contribution in [0.2, 0.25) is 0 Å². The van der Waals surface area contributed by atoms with Gasteiger partial charge in [0.25, 0.3) is 0 Å². The van der Waals surface area contributed by atoms with Crippen molar-refractivity contribution in [1.82, 2.24) is 0 Å². The smallest absolute Gasteiger partial charge is 0.0873 e. The highest BCUT2D eigenvalue weighted by molar-refractivity contribution is 4.73. The second-order valence-electron chi connectivity index (χ2n) is 5.74. The first-order chi connectivity index (χ1) is 8.93. The molecule has 1 aliphatic carbocycles. The summed E-state index contributed by atoms with van der Waals surface area (Å²) in [6.45, 7) is 3.16. The Balaban J connectivity index is 1.80. The topological polar surface area (TPSA) is 9.23 Å². The lowest BCUT2D eigenvalue weighted by Crippen LogP contribution is -2.06. The molecule has 106 valence electrons. The molecule has 1 heteroatoms. The molecule has 0 saturated heterocycles. The van der Waals surface area contributed by atoms with Crippen LogP contribution >= 0.6 is 0 Å². The lowest BCUT2D eigenvalue weighted by atomic mass is 9.86. The summed E-state index contributed by atoms with van der Waals surface area (Å²) in [5.74, 6) is 1.03. The predicted octanol–water partition coefficient (Wildman–Crippen LogP) is 5.85. The summed E-state index contributed by atoms with van der Waals surface area (Å²) in [5.41, 5.74) is 0. The maximum absolute atomic E-state index is 5.52. The van der Waals surface area contributed by atoms with Gasteiger partial charge in [-0.2, -0.15) is 0 Å². The minimum Gasteiger partial charge on any atom is -0.502 e. The number of rotatable bonds is 10. The van der Waals surface area contributed by atoms with Crippen molar-refractivity contribution in [2.24, 2.45) is 5.92 Å². The fraction of sp³-hybridized carbons (Fsp3) is 0.882. The molecule has 0 unspecified atom stereocenters. The number of allylic oxidation sites excluding steroid dienone is 1. The fourth-order valence-corrected chi connectivity index (χ4v) is 2.81. The van der Waals surface area contributed by atoms with Gasteiger partial charge in [0, 0.05) is 0 Å². The van der Waals surface area contributed by atoms with Crippen LogP contribution in [0.5, 0.6) is 0 Å². The molecule has 0 aromatic carbocycles. The van der Waals surface area contributed by atoms with E-state index < -0.39 is 0 Å². The van der Waals surface area contributed by atoms with E-state index >= 15 is 0 Å². The minimum absolute atomic E-state index is 0.914. The SMILES string of the molecule is CCCCCC=COCCCCC1CCCCC1. The molecule has 1 saturated carbocycles. The van der Waals surface area contributed by atoms with E-state index in [4.69, 9.17) is 4.74 Å². The summed E-state index contributed by atoms with van der Waals surface area (Å²) in [6, 6.07) is 0. The first-order valence-corrected chi connectivity index (χ1v) is 8.20. The van der Waals surface area contributed by atoms with Crippen LogP contribution < -0.4 is 0 Å². The molecule has 0 N–H and O–H groups in total. The van der Waals surface area contributed by atoms with Crippen molar-refractivity contribution in [2.45, 2.75) is 84.0 Å². The standard InChI is InChI=1S/C17H32O/c1-2-3-4-5-10-15-18-16-11-9-14-17-12-7-6-8-13-17/h10,15,17H,2-9,11-14,16H2,1H3. The highest BCUT2D eigenvalue weighted by Gasteiger charge is 2.12. The molecular weight excluding hydrogens is 220 g/mol. The van der Waals surface area contributed by atoms with E-state index in [-0.39, 0.29) is 0 Å². The summed E-state index contributed by atoms with van der Waals surface area (Å²) in [4.78, 5) is 0. The zero-order chi connectivity index (χ0) is 12.9. The highest BCUT2D eigenvalue weighted by Crippen LogP contribution is 2.27. The lowest BCUT2D eigenvalue weighted by Gasteiger charge is -2.21. The van der Waals surface area contributed by atoms with Crippen LogP contribution in [0.15, 0.2) is 12.3 Å². The van der Waals surface area contributed by atoms with Crippen LogP contribution in [-0.4, -0.2) is 6.61 Å². The number of ether oxygens (including phenoxy) is 1. The molecule has 0 aromatic rings. The van der Waals surface area contributed by atoms with Gasteiger partial charge in [-0.15, -0.1) is 0 Å². The highest BCUT2D eigenvalue weighted by atomic mass is 16.5. The Morgan fingerprint density at radius 2 is 1.83 bits per heavy atom. The van der Waals surface area contributed by atoms with Crippen molar-refractivity contribution in [2.75, 3.05) is 6.61 Å². The summed E-state index contributed by atoms with van der Waals surface area (Å²) < 4.78 is 5.52. The van der Waals surface area contributed by atoms with Crippen molar-refractivity contribution in [3.05, 3.63) is 12.3 Å². The van der Waals surface area contributed by atoms with Gasteiger partial charge < -0.3 is 4.74 Å². The largest absolute Gasteiger partial charge is 0.502 e. The Morgan fingerprint density at radius 3 is 2.61 bits per heavy atom. The third-order valence-corrected chi connectivity index (χ3v) is 4.02. The molecule has 0 aromatic heterocycles. The number of hydrogen-bond acceptors (Lipinski definition) is 1. The zero-order valence-electron chi connectivity index (χ0n) is 12.3. The molecule has 0 heterocycles. The number of unbranched alkanes of at least 4 members (excludes halogenated alkanes) is 4. The van der Waals surface area contributed by atoms with E-state index in [9.17, 15) is 0 Å². The third-order valence-electron chi connectivity index (χ3n) is 4.02. The maximum Gasteiger partial charge on any atom is 0.0873 e. The van der Waals surface area contributed by atoms with Gasteiger partial charge in [0.05, 0.1) is 12.9 Å². The van der Waals surface area contributed by atoms with Crippen LogP contribution in [0.1, 0.15) is 84.0 Å². The van der Waals surface area contributed by atoms with Gasteiger partial charge in [-0.05, 0) is 37.7 Å². The Kier molecular flexibility index (Phi) is 10.1. The van der Waals surface area contributed by atoms with Gasteiger partial charge in [0.2, 0.25) is 0 Å². The van der Waals surface area contributed by atoms with Crippen molar-refractivity contribution >= 4 is 0 Å². The van der Waals surface area contributed by atoms with Crippen molar-refractivity contribution in [3.8, 4) is 0 Å². The molecule has 18 heavy (non-hydrogen) atoms. The van der Waals surface area contributed by atoms with E-state index in [1.54, 1.807) is 0 Å². The maximum atomic E-state index is 5.52. The predicted molar refractivity (Wildman–Crippen MR) is 79.7 cm³/mol. The monoisotopic (exact) mass is 252 g/mol. The average molecular weight is 252 g/mol. The summed E-state index contributed by atoms with van der Waals surface area (Å²) in [7, 11) is 0. The van der Waals surface area contributed by atoms with Crippen molar-refractivity contribution in [3.63, 3.8) is 0 Å². The second kappa shape index (κ2) is 11.6. The Labute approximate surface area is 114 Å². The van der Waals surface area contributed by atoms with Crippen LogP contribution in [0, 0.1) is 5.92 Å². The van der Waals surface area contributed by atoms with Crippen LogP contribution in [0.4, 0.5) is 0 Å². The Bertz CT molecular complexity index is 192. The molecule has 0 aliphatic heterocycles. The van der Waals surface area contributed by atoms with Gasteiger partial charge in [0.1, 0.15) is 0 Å². The van der Waals surface area contributed by atoms with Crippen molar-refractivity contribution in [1.29, 1.82) is 0 Å². The second-order valence-corrected chi connectivity index (χ2v) is 5.74. The van der Waals surface area contributed by atoms with Crippen molar-refractivity contribution < 1.29 is 4.74 Å². The Morgan fingerprint density at radius 1 is 1.00 bits per heavy atom. The van der Waals surface area contributed by atoms with Gasteiger partial charge in [-0.1, -0.05) is 58.3 Å². The quantitative estimate of drug-likeness (QED) is 0.350. The van der Waals surface area contributed by atoms with Crippen LogP contribution in [0.3, 0.4) is 0 Å². The van der Waals surface area contributed by atoms with E-state index in [1.165, 1.54) is 77.0 Å². The normalized spacial score (nSPS) is 17.4. The molecule has 0 radical (unpaired) electrons. The molecule has 0 amide bonds. The molecule has 1 aliphatic rings. The van der Waals surface area contributed by atoms with E-state index in [1.807, 2.05) is 6.26 Å². The summed E-state index contributed by atoms with van der Waals surface area (Å²) >= 11 is 0. The van der Waals surface area contributed by atoms with Crippen LogP contribution in [0.25, 0.3) is 0 Å². The lowest BCUT2D eigenvalue weighted by molar-refractivity contribution is 0.232.